The highest BCUT2D eigenvalue weighted by Crippen LogP contribution is 2.21. The molecule has 1 heterocycles. The van der Waals surface area contributed by atoms with Crippen LogP contribution < -0.4 is 0 Å². The van der Waals surface area contributed by atoms with E-state index in [4.69, 9.17) is 0 Å². The molecule has 0 radical (unpaired) electrons. The van der Waals surface area contributed by atoms with Gasteiger partial charge in [-0.05, 0) is 24.3 Å². The minimum Gasteiger partial charge on any atom is -0.353 e. The molecule has 0 aliphatic carbocycles. The van der Waals surface area contributed by atoms with Gasteiger partial charge in [-0.3, -0.25) is 0 Å². The van der Waals surface area contributed by atoms with E-state index in [0.717, 1.165) is 6.20 Å². The third-order valence-corrected chi connectivity index (χ3v) is 1.63. The first-order valence-corrected chi connectivity index (χ1v) is 3.63. The van der Waals surface area contributed by atoms with E-state index < -0.39 is 5.82 Å². The van der Waals surface area contributed by atoms with Crippen LogP contribution in [0.3, 0.4) is 0 Å². The molecule has 0 unspecified atom stereocenters. The Morgan fingerprint density at radius 2 is 1.77 bits per heavy atom. The molecular weight excluding hydrogens is 176 g/mol. The van der Waals surface area contributed by atoms with Gasteiger partial charge in [0.25, 0.3) is 0 Å². The lowest BCUT2D eigenvalue weighted by Gasteiger charge is -1.94. The summed E-state index contributed by atoms with van der Waals surface area (Å²) in [6, 6.07) is 5.33. The topological polar surface area (TPSA) is 26.0 Å². The minimum absolute atomic E-state index is 0.0278. The fourth-order valence-corrected chi connectivity index (χ4v) is 1.02. The van der Waals surface area contributed by atoms with Gasteiger partial charge in [-0.25, -0.2) is 8.78 Å². The summed E-state index contributed by atoms with van der Waals surface area (Å²) in [6.45, 7) is 0. The van der Waals surface area contributed by atoms with Crippen molar-refractivity contribution in [3.63, 3.8) is 0 Å². The molecule has 0 spiro atoms. The molecule has 13 heavy (non-hydrogen) atoms. The van der Waals surface area contributed by atoms with Crippen molar-refractivity contribution < 1.29 is 13.3 Å². The van der Waals surface area contributed by atoms with E-state index in [1.807, 2.05) is 0 Å². The Bertz CT molecular complexity index is 408. The van der Waals surface area contributed by atoms with Crippen LogP contribution >= 0.6 is 0 Å². The zero-order valence-electron chi connectivity index (χ0n) is 6.50. The van der Waals surface area contributed by atoms with Crippen molar-refractivity contribution in [2.24, 2.45) is 0 Å². The first kappa shape index (κ1) is 7.91. The largest absolute Gasteiger partial charge is 0.353 e. The Morgan fingerprint density at radius 1 is 1.08 bits per heavy atom. The van der Waals surface area contributed by atoms with Crippen LogP contribution in [0.1, 0.15) is 0 Å². The number of halogens is 2. The Morgan fingerprint density at radius 3 is 2.31 bits per heavy atom. The van der Waals surface area contributed by atoms with Gasteiger partial charge in [-0.15, -0.1) is 0 Å². The highest BCUT2D eigenvalue weighted by Gasteiger charge is 2.09. The predicted molar refractivity (Wildman–Crippen MR) is 41.9 cm³/mol. The molecule has 0 aliphatic rings. The van der Waals surface area contributed by atoms with Crippen LogP contribution in [0.25, 0.3) is 11.3 Å². The SMILES string of the molecule is Fc1ccc(-c2oncc2F)cc1. The van der Waals surface area contributed by atoms with Crippen LogP contribution in [0.15, 0.2) is 35.0 Å². The second-order valence-electron chi connectivity index (χ2n) is 2.51. The molecule has 1 aromatic carbocycles. The Hall–Kier alpha value is -1.71. The van der Waals surface area contributed by atoms with Gasteiger partial charge in [-0.2, -0.15) is 0 Å². The molecular formula is C9H5F2NO. The van der Waals surface area contributed by atoms with E-state index in [1.165, 1.54) is 24.3 Å². The average Bonchev–Trinajstić information content (AvgIpc) is 2.53. The molecule has 2 nitrogen and oxygen atoms in total. The molecule has 0 aliphatic heterocycles. The number of nitrogens with zero attached hydrogens (tertiary/aromatic N) is 1. The molecule has 0 saturated carbocycles. The quantitative estimate of drug-likeness (QED) is 0.675. The summed E-state index contributed by atoms with van der Waals surface area (Å²) in [5, 5.41) is 3.28. The van der Waals surface area contributed by atoms with Crippen LogP contribution in [0.4, 0.5) is 8.78 Å². The van der Waals surface area contributed by atoms with Gasteiger partial charge < -0.3 is 4.52 Å². The number of hydrogen-bond acceptors (Lipinski definition) is 2. The summed E-state index contributed by atoms with van der Waals surface area (Å²) in [6.07, 6.45) is 0.971. The summed E-state index contributed by atoms with van der Waals surface area (Å²) in [4.78, 5) is 0. The lowest BCUT2D eigenvalue weighted by atomic mass is 10.2. The average molecular weight is 181 g/mol. The van der Waals surface area contributed by atoms with E-state index in [1.54, 1.807) is 0 Å². The molecule has 1 aromatic heterocycles. The third-order valence-electron chi connectivity index (χ3n) is 1.63. The van der Waals surface area contributed by atoms with Gasteiger partial charge in [0.2, 0.25) is 5.76 Å². The van der Waals surface area contributed by atoms with Gasteiger partial charge >= 0.3 is 0 Å². The molecule has 66 valence electrons. The maximum absolute atomic E-state index is 12.9. The van der Waals surface area contributed by atoms with Gasteiger partial charge in [0, 0.05) is 5.56 Å². The van der Waals surface area contributed by atoms with Gasteiger partial charge in [0.15, 0.2) is 5.82 Å². The van der Waals surface area contributed by atoms with E-state index in [2.05, 4.69) is 9.68 Å². The maximum Gasteiger partial charge on any atom is 0.202 e. The Labute approximate surface area is 72.8 Å². The van der Waals surface area contributed by atoms with E-state index >= 15 is 0 Å². The maximum atomic E-state index is 12.9. The highest BCUT2D eigenvalue weighted by molar-refractivity contribution is 5.56. The van der Waals surface area contributed by atoms with Crippen molar-refractivity contribution in [3.05, 3.63) is 42.1 Å². The molecule has 0 saturated heterocycles. The number of hydrogen-bond donors (Lipinski definition) is 0. The van der Waals surface area contributed by atoms with Crippen molar-refractivity contribution in [1.29, 1.82) is 0 Å². The van der Waals surface area contributed by atoms with Crippen molar-refractivity contribution in [1.82, 2.24) is 5.16 Å². The van der Waals surface area contributed by atoms with Crippen molar-refractivity contribution in [3.8, 4) is 11.3 Å². The van der Waals surface area contributed by atoms with Gasteiger partial charge in [-0.1, -0.05) is 5.16 Å². The molecule has 0 bridgehead atoms. The van der Waals surface area contributed by atoms with Crippen LogP contribution in [0.5, 0.6) is 0 Å². The van der Waals surface area contributed by atoms with E-state index in [9.17, 15) is 8.78 Å². The molecule has 2 rings (SSSR count). The first-order valence-electron chi connectivity index (χ1n) is 3.63. The second-order valence-corrected chi connectivity index (χ2v) is 2.51. The molecule has 2 aromatic rings. The second kappa shape index (κ2) is 2.97. The monoisotopic (exact) mass is 181 g/mol. The van der Waals surface area contributed by atoms with Crippen LogP contribution in [0.2, 0.25) is 0 Å². The minimum atomic E-state index is -0.549. The van der Waals surface area contributed by atoms with Crippen molar-refractivity contribution >= 4 is 0 Å². The molecule has 0 N–H and O–H groups in total. The van der Waals surface area contributed by atoms with Gasteiger partial charge in [0.1, 0.15) is 12.0 Å². The molecule has 0 amide bonds. The summed E-state index contributed by atoms with van der Waals surface area (Å²) in [7, 11) is 0. The standard InChI is InChI=1S/C9H5F2NO/c10-7-3-1-6(2-4-7)9-8(11)5-12-13-9/h1-5H. The number of aromatic nitrogens is 1. The first-order chi connectivity index (χ1) is 6.27. The summed E-state index contributed by atoms with van der Waals surface area (Å²) in [5.41, 5.74) is 0.469. The van der Waals surface area contributed by atoms with E-state index in [-0.39, 0.29) is 11.6 Å². The summed E-state index contributed by atoms with van der Waals surface area (Å²) < 4.78 is 30.0. The Balaban J connectivity index is 2.47. The zero-order valence-corrected chi connectivity index (χ0v) is 6.50. The van der Waals surface area contributed by atoms with Crippen molar-refractivity contribution in [2.45, 2.75) is 0 Å². The number of rotatable bonds is 1. The van der Waals surface area contributed by atoms with Crippen LogP contribution in [-0.2, 0) is 0 Å². The highest BCUT2D eigenvalue weighted by atomic mass is 19.1. The zero-order chi connectivity index (χ0) is 9.26. The van der Waals surface area contributed by atoms with Gasteiger partial charge in [0.05, 0.1) is 0 Å². The summed E-state index contributed by atoms with van der Waals surface area (Å²) >= 11 is 0. The summed E-state index contributed by atoms with van der Waals surface area (Å²) in [5.74, 6) is -0.893. The molecule has 0 atom stereocenters. The van der Waals surface area contributed by atoms with E-state index in [0.29, 0.717) is 5.56 Å². The molecule has 0 fully saturated rings. The lowest BCUT2D eigenvalue weighted by Crippen LogP contribution is -1.78. The van der Waals surface area contributed by atoms with Crippen LogP contribution in [0, 0.1) is 11.6 Å². The molecule has 4 heteroatoms. The Kier molecular flexibility index (Phi) is 1.81. The smallest absolute Gasteiger partial charge is 0.202 e. The third kappa shape index (κ3) is 1.42. The lowest BCUT2D eigenvalue weighted by molar-refractivity contribution is 0.427. The number of benzene rings is 1. The van der Waals surface area contributed by atoms with Crippen LogP contribution in [-0.4, -0.2) is 5.16 Å². The van der Waals surface area contributed by atoms with Crippen molar-refractivity contribution in [2.75, 3.05) is 0 Å². The normalized spacial score (nSPS) is 10.3. The predicted octanol–water partition coefficient (Wildman–Crippen LogP) is 2.62. The fourth-order valence-electron chi connectivity index (χ4n) is 1.02. The fraction of sp³-hybridized carbons (Fsp3) is 0.